The van der Waals surface area contributed by atoms with Gasteiger partial charge in [0.1, 0.15) is 0 Å². The number of benzene rings is 2. The van der Waals surface area contributed by atoms with Gasteiger partial charge in [0, 0.05) is 23.1 Å². The second-order valence-electron chi connectivity index (χ2n) is 7.59. The molecule has 2 heterocycles. The Balaban J connectivity index is 1.54. The molecule has 1 aromatic heterocycles. The number of nitrogens with zero attached hydrogens (tertiary/aromatic N) is 1. The van der Waals surface area contributed by atoms with Gasteiger partial charge in [0.2, 0.25) is 0 Å². The predicted molar refractivity (Wildman–Crippen MR) is 114 cm³/mol. The van der Waals surface area contributed by atoms with Gasteiger partial charge in [-0.2, -0.15) is 0 Å². The van der Waals surface area contributed by atoms with Gasteiger partial charge in [-0.15, -0.1) is 0 Å². The highest BCUT2D eigenvalue weighted by Crippen LogP contribution is 2.16. The molecule has 7 nitrogen and oxygen atoms in total. The van der Waals surface area contributed by atoms with Gasteiger partial charge in [-0.1, -0.05) is 12.1 Å². The number of rotatable bonds is 6. The quantitative estimate of drug-likeness (QED) is 0.585. The maximum Gasteiger partial charge on any atom is 0.335 e. The molecule has 30 heavy (non-hydrogen) atoms. The van der Waals surface area contributed by atoms with Crippen LogP contribution < -0.4 is 10.9 Å². The highest BCUT2D eigenvalue weighted by atomic mass is 16.4. The van der Waals surface area contributed by atoms with E-state index >= 15 is 0 Å². The zero-order chi connectivity index (χ0) is 21.1. The van der Waals surface area contributed by atoms with Gasteiger partial charge in [-0.25, -0.2) is 4.79 Å². The van der Waals surface area contributed by atoms with Crippen LogP contribution in [-0.2, 0) is 6.42 Å². The molecule has 3 aromatic rings. The van der Waals surface area contributed by atoms with Gasteiger partial charge in [-0.3, -0.25) is 14.5 Å². The van der Waals surface area contributed by atoms with Crippen LogP contribution in [0.5, 0.6) is 0 Å². The predicted octanol–water partition coefficient (Wildman–Crippen LogP) is 2.60. The molecule has 0 spiro atoms. The lowest BCUT2D eigenvalue weighted by atomic mass is 10.0. The molecule has 0 atom stereocenters. The fourth-order valence-electron chi connectivity index (χ4n) is 3.74. The first-order valence-corrected chi connectivity index (χ1v) is 9.98. The summed E-state index contributed by atoms with van der Waals surface area (Å²) in [4.78, 5) is 41.0. The first-order chi connectivity index (χ1) is 14.5. The summed E-state index contributed by atoms with van der Waals surface area (Å²) in [5, 5.41) is 12.7. The van der Waals surface area contributed by atoms with Gasteiger partial charge < -0.3 is 15.4 Å². The lowest BCUT2D eigenvalue weighted by molar-refractivity contribution is 0.0696. The van der Waals surface area contributed by atoms with Crippen LogP contribution in [0.25, 0.3) is 10.9 Å². The maximum atomic E-state index is 12.5. The molecule has 4 rings (SSSR count). The number of fused-ring (bicyclic) bond motifs is 1. The van der Waals surface area contributed by atoms with E-state index in [1.807, 2.05) is 0 Å². The number of aromatic carboxylic acids is 1. The number of aromatic nitrogens is 1. The van der Waals surface area contributed by atoms with Crippen LogP contribution in [0.4, 0.5) is 0 Å². The molecule has 0 aliphatic carbocycles. The Morgan fingerprint density at radius 3 is 2.40 bits per heavy atom. The molecule has 154 valence electrons. The first kappa shape index (κ1) is 19.8. The Morgan fingerprint density at radius 2 is 1.70 bits per heavy atom. The fraction of sp³-hybridized carbons (Fsp3) is 0.261. The Bertz CT molecular complexity index is 1150. The van der Waals surface area contributed by atoms with Crippen molar-refractivity contribution in [3.05, 3.63) is 81.1 Å². The van der Waals surface area contributed by atoms with E-state index in [2.05, 4.69) is 15.2 Å². The Labute approximate surface area is 173 Å². The van der Waals surface area contributed by atoms with E-state index in [1.165, 1.54) is 25.0 Å². The number of carboxylic acid groups (broad SMARTS) is 1. The van der Waals surface area contributed by atoms with Crippen LogP contribution in [0.1, 0.15) is 44.7 Å². The van der Waals surface area contributed by atoms with Crippen molar-refractivity contribution in [3.63, 3.8) is 0 Å². The third-order valence-electron chi connectivity index (χ3n) is 5.44. The van der Waals surface area contributed by atoms with Gasteiger partial charge in [-0.05, 0) is 73.3 Å². The summed E-state index contributed by atoms with van der Waals surface area (Å²) in [6.07, 6.45) is 2.71. The summed E-state index contributed by atoms with van der Waals surface area (Å²) in [7, 11) is 0. The molecule has 1 fully saturated rings. The first-order valence-electron chi connectivity index (χ1n) is 9.98. The van der Waals surface area contributed by atoms with Crippen molar-refractivity contribution in [2.24, 2.45) is 0 Å². The van der Waals surface area contributed by atoms with Crippen LogP contribution in [0.3, 0.4) is 0 Å². The second kappa shape index (κ2) is 8.51. The molecule has 0 radical (unpaired) electrons. The summed E-state index contributed by atoms with van der Waals surface area (Å²) in [6, 6.07) is 13.5. The van der Waals surface area contributed by atoms with E-state index in [0.717, 1.165) is 24.0 Å². The molecular weight excluding hydrogens is 382 g/mol. The molecule has 1 amide bonds. The minimum Gasteiger partial charge on any atom is -0.478 e. The largest absolute Gasteiger partial charge is 0.478 e. The van der Waals surface area contributed by atoms with E-state index < -0.39 is 5.97 Å². The lowest BCUT2D eigenvalue weighted by Crippen LogP contribution is -2.35. The van der Waals surface area contributed by atoms with Crippen molar-refractivity contribution in [2.45, 2.75) is 19.3 Å². The highest BCUT2D eigenvalue weighted by molar-refractivity contribution is 5.98. The van der Waals surface area contributed by atoms with Crippen LogP contribution in [-0.4, -0.2) is 46.6 Å². The number of carbonyl (C=O) groups is 2. The summed E-state index contributed by atoms with van der Waals surface area (Å²) < 4.78 is 0. The van der Waals surface area contributed by atoms with Gasteiger partial charge in [0.05, 0.1) is 12.2 Å². The van der Waals surface area contributed by atoms with Gasteiger partial charge in [0.15, 0.2) is 0 Å². The standard InChI is InChI=1S/C23H23N3O4/c27-21(24-14-26-9-1-2-10-26)17-7-8-20-18(12-17)13-19(22(28)25-20)11-15-3-5-16(6-4-15)23(29)30/h3-8,12-13H,1-2,9-11,14H2,(H,24,27)(H,25,28)(H,29,30). The minimum absolute atomic E-state index is 0.138. The number of hydrogen-bond acceptors (Lipinski definition) is 4. The number of carboxylic acids is 1. The van der Waals surface area contributed by atoms with Crippen LogP contribution in [0.2, 0.25) is 0 Å². The number of H-pyrrole nitrogens is 1. The maximum absolute atomic E-state index is 12.5. The highest BCUT2D eigenvalue weighted by Gasteiger charge is 2.14. The smallest absolute Gasteiger partial charge is 0.335 e. The molecule has 3 N–H and O–H groups in total. The van der Waals surface area contributed by atoms with Crippen LogP contribution in [0, 0.1) is 0 Å². The van der Waals surface area contributed by atoms with Crippen molar-refractivity contribution < 1.29 is 14.7 Å². The number of hydrogen-bond donors (Lipinski definition) is 3. The molecule has 0 saturated carbocycles. The zero-order valence-electron chi connectivity index (χ0n) is 16.5. The lowest BCUT2D eigenvalue weighted by Gasteiger charge is -2.15. The molecule has 1 saturated heterocycles. The fourth-order valence-corrected chi connectivity index (χ4v) is 3.74. The Morgan fingerprint density at radius 1 is 1.00 bits per heavy atom. The van der Waals surface area contributed by atoms with E-state index in [0.29, 0.717) is 29.7 Å². The van der Waals surface area contributed by atoms with E-state index in [9.17, 15) is 14.4 Å². The van der Waals surface area contributed by atoms with Crippen molar-refractivity contribution in [1.29, 1.82) is 0 Å². The van der Waals surface area contributed by atoms with Crippen molar-refractivity contribution in [1.82, 2.24) is 15.2 Å². The molecular formula is C23H23N3O4. The number of likely N-dealkylation sites (tertiary alicyclic amines) is 1. The van der Waals surface area contributed by atoms with Crippen molar-refractivity contribution in [3.8, 4) is 0 Å². The van der Waals surface area contributed by atoms with Crippen LogP contribution >= 0.6 is 0 Å². The summed E-state index contributed by atoms with van der Waals surface area (Å²) >= 11 is 0. The van der Waals surface area contributed by atoms with Gasteiger partial charge in [0.25, 0.3) is 11.5 Å². The molecule has 1 aliphatic heterocycles. The average molecular weight is 405 g/mol. The number of pyridine rings is 1. The average Bonchev–Trinajstić information content (AvgIpc) is 3.26. The topological polar surface area (TPSA) is 102 Å². The number of nitrogens with one attached hydrogen (secondary N) is 2. The normalized spacial score (nSPS) is 14.1. The monoisotopic (exact) mass is 405 g/mol. The van der Waals surface area contributed by atoms with Gasteiger partial charge >= 0.3 is 5.97 Å². The summed E-state index contributed by atoms with van der Waals surface area (Å²) in [5.74, 6) is -1.12. The number of aromatic amines is 1. The minimum atomic E-state index is -0.986. The third kappa shape index (κ3) is 4.41. The molecule has 0 unspecified atom stereocenters. The SMILES string of the molecule is O=C(O)c1ccc(Cc2cc3cc(C(=O)NCN4CCCC4)ccc3[nH]c2=O)cc1. The van der Waals surface area contributed by atoms with E-state index in [1.54, 1.807) is 36.4 Å². The van der Waals surface area contributed by atoms with E-state index in [-0.39, 0.29) is 17.0 Å². The number of carbonyl (C=O) groups excluding carboxylic acids is 1. The zero-order valence-corrected chi connectivity index (χ0v) is 16.5. The second-order valence-corrected chi connectivity index (χ2v) is 7.59. The number of amides is 1. The Kier molecular flexibility index (Phi) is 5.63. The molecule has 2 aromatic carbocycles. The van der Waals surface area contributed by atoms with Crippen molar-refractivity contribution in [2.75, 3.05) is 19.8 Å². The molecule has 0 bridgehead atoms. The molecule has 7 heteroatoms. The van der Waals surface area contributed by atoms with Crippen LogP contribution in [0.15, 0.2) is 53.3 Å². The Hall–Kier alpha value is -3.45. The molecule has 1 aliphatic rings. The summed E-state index contributed by atoms with van der Waals surface area (Å²) in [6.45, 7) is 2.56. The van der Waals surface area contributed by atoms with E-state index in [4.69, 9.17) is 5.11 Å². The van der Waals surface area contributed by atoms with Crippen molar-refractivity contribution >= 4 is 22.8 Å². The summed E-state index contributed by atoms with van der Waals surface area (Å²) in [5.41, 5.74) is 2.61. The third-order valence-corrected chi connectivity index (χ3v) is 5.44.